The summed E-state index contributed by atoms with van der Waals surface area (Å²) in [6.45, 7) is 5.90. The van der Waals surface area contributed by atoms with Crippen LogP contribution in [-0.4, -0.2) is 11.2 Å². The van der Waals surface area contributed by atoms with Gasteiger partial charge >= 0.3 is 0 Å². The summed E-state index contributed by atoms with van der Waals surface area (Å²) in [6, 6.07) is 1.93. The molecule has 1 aromatic heterocycles. The maximum absolute atomic E-state index is 5.82. The van der Waals surface area contributed by atoms with Gasteiger partial charge < -0.3 is 0 Å². The van der Waals surface area contributed by atoms with Crippen molar-refractivity contribution in [1.29, 1.82) is 0 Å². The molecule has 1 aromatic rings. The van der Waals surface area contributed by atoms with Crippen molar-refractivity contribution in [3.05, 3.63) is 23.0 Å². The van der Waals surface area contributed by atoms with Crippen LogP contribution in [0, 0.1) is 6.92 Å². The Morgan fingerprint density at radius 2 is 2.00 bits per heavy atom. The van der Waals surface area contributed by atoms with Gasteiger partial charge in [0, 0.05) is 11.1 Å². The number of nitrogens with zero attached hydrogens (tertiary/aromatic N) is 1. The largest absolute Gasteiger partial charge is 0.259 e. The van der Waals surface area contributed by atoms with Crippen molar-refractivity contribution in [2.24, 2.45) is 0 Å². The highest BCUT2D eigenvalue weighted by Crippen LogP contribution is 2.19. The molecule has 0 N–H and O–H groups in total. The van der Waals surface area contributed by atoms with E-state index in [0.717, 1.165) is 15.6 Å². The number of hydrogen-bond donors (Lipinski definition) is 0. The van der Waals surface area contributed by atoms with Gasteiger partial charge in [-0.2, -0.15) is 0 Å². The minimum Gasteiger partial charge on any atom is -0.259 e. The first-order valence-corrected chi connectivity index (χ1v) is 5.50. The maximum atomic E-state index is 5.82. The Morgan fingerprint density at radius 1 is 1.42 bits per heavy atom. The molecule has 0 aliphatic carbocycles. The molecular weight excluding hydrogens is 190 g/mol. The second-order valence-corrected chi connectivity index (χ2v) is 3.23. The highest BCUT2D eigenvalue weighted by Gasteiger charge is 1.96. The average molecular weight is 204 g/mol. The highest BCUT2D eigenvalue weighted by atomic mass is 35.5. The van der Waals surface area contributed by atoms with Gasteiger partial charge in [0.25, 0.3) is 0 Å². The molecule has 0 aliphatic heterocycles. The summed E-state index contributed by atoms with van der Waals surface area (Å²) in [5, 5.41) is 0.742. The fraction of sp³-hybridized carbons (Fsp3) is 0.444. The van der Waals surface area contributed by atoms with Crippen LogP contribution in [0.1, 0.15) is 19.5 Å². The first kappa shape index (κ1) is 11.8. The molecule has 0 aromatic carbocycles. The lowest BCUT2D eigenvalue weighted by Crippen LogP contribution is -1.81. The van der Waals surface area contributed by atoms with Crippen molar-refractivity contribution in [1.82, 2.24) is 4.98 Å². The summed E-state index contributed by atoms with van der Waals surface area (Å²) < 4.78 is 0. The van der Waals surface area contributed by atoms with Crippen LogP contribution < -0.4 is 0 Å². The van der Waals surface area contributed by atoms with E-state index in [1.54, 1.807) is 11.8 Å². The predicted molar refractivity (Wildman–Crippen MR) is 57.1 cm³/mol. The van der Waals surface area contributed by atoms with Gasteiger partial charge in [0.1, 0.15) is 0 Å². The number of rotatable bonds is 1. The molecule has 0 unspecified atom stereocenters. The Morgan fingerprint density at radius 3 is 2.42 bits per heavy atom. The van der Waals surface area contributed by atoms with Gasteiger partial charge in [-0.15, -0.1) is 11.8 Å². The Kier molecular flexibility index (Phi) is 6.21. The minimum atomic E-state index is 0.742. The van der Waals surface area contributed by atoms with Gasteiger partial charge in [-0.25, -0.2) is 0 Å². The number of halogens is 1. The fourth-order valence-electron chi connectivity index (χ4n) is 0.600. The summed E-state index contributed by atoms with van der Waals surface area (Å²) in [6.07, 6.45) is 3.83. The molecule has 0 saturated carbocycles. The SMILES string of the molecule is CC.CSc1cnc(C)c(Cl)c1. The first-order chi connectivity index (χ1) is 5.74. The van der Waals surface area contributed by atoms with E-state index in [-0.39, 0.29) is 0 Å². The molecule has 68 valence electrons. The van der Waals surface area contributed by atoms with Crippen LogP contribution in [0.25, 0.3) is 0 Å². The summed E-state index contributed by atoms with van der Waals surface area (Å²) >= 11 is 7.46. The third-order valence-corrected chi connectivity index (χ3v) is 2.31. The van der Waals surface area contributed by atoms with Crippen molar-refractivity contribution in [2.75, 3.05) is 6.26 Å². The van der Waals surface area contributed by atoms with Crippen LogP contribution in [-0.2, 0) is 0 Å². The van der Waals surface area contributed by atoms with E-state index < -0.39 is 0 Å². The van der Waals surface area contributed by atoms with Crippen molar-refractivity contribution < 1.29 is 0 Å². The minimum absolute atomic E-state index is 0.742. The summed E-state index contributed by atoms with van der Waals surface area (Å²) in [4.78, 5) is 5.20. The van der Waals surface area contributed by atoms with Gasteiger partial charge in [0.15, 0.2) is 0 Å². The molecule has 0 atom stereocenters. The van der Waals surface area contributed by atoms with Crippen molar-refractivity contribution >= 4 is 23.4 Å². The third kappa shape index (κ3) is 3.46. The van der Waals surface area contributed by atoms with Crippen LogP contribution in [0.5, 0.6) is 0 Å². The van der Waals surface area contributed by atoms with Crippen LogP contribution in [0.4, 0.5) is 0 Å². The van der Waals surface area contributed by atoms with E-state index in [9.17, 15) is 0 Å². The summed E-state index contributed by atoms with van der Waals surface area (Å²) in [5.41, 5.74) is 0.888. The van der Waals surface area contributed by atoms with Crippen molar-refractivity contribution in [2.45, 2.75) is 25.7 Å². The highest BCUT2D eigenvalue weighted by molar-refractivity contribution is 7.98. The van der Waals surface area contributed by atoms with Crippen LogP contribution >= 0.6 is 23.4 Å². The van der Waals surface area contributed by atoms with Gasteiger partial charge in [-0.1, -0.05) is 25.4 Å². The summed E-state index contributed by atoms with van der Waals surface area (Å²) in [5.74, 6) is 0. The number of thioether (sulfide) groups is 1. The van der Waals surface area contributed by atoms with Gasteiger partial charge in [-0.3, -0.25) is 4.98 Å². The van der Waals surface area contributed by atoms with E-state index in [1.165, 1.54) is 0 Å². The number of hydrogen-bond acceptors (Lipinski definition) is 2. The summed E-state index contributed by atoms with van der Waals surface area (Å²) in [7, 11) is 0. The Bertz CT molecular complexity index is 238. The lowest BCUT2D eigenvalue weighted by atomic mass is 10.4. The van der Waals surface area contributed by atoms with E-state index in [4.69, 9.17) is 11.6 Å². The molecule has 0 amide bonds. The smallest absolute Gasteiger partial charge is 0.0629 e. The monoisotopic (exact) mass is 203 g/mol. The molecule has 1 nitrogen and oxygen atoms in total. The quantitative estimate of drug-likeness (QED) is 0.645. The molecule has 1 rings (SSSR count). The first-order valence-electron chi connectivity index (χ1n) is 3.90. The number of aryl methyl sites for hydroxylation is 1. The molecule has 0 saturated heterocycles. The predicted octanol–water partition coefficient (Wildman–Crippen LogP) is 3.79. The van der Waals surface area contributed by atoms with Crippen molar-refractivity contribution in [3.63, 3.8) is 0 Å². The Balaban J connectivity index is 0.000000561. The molecule has 12 heavy (non-hydrogen) atoms. The Labute approximate surface area is 83.5 Å². The standard InChI is InChI=1S/C7H8ClNS.C2H6/c1-5-7(8)3-6(10-2)4-9-5;1-2/h3-4H,1-2H3;1-2H3. The zero-order chi connectivity index (χ0) is 9.56. The second-order valence-electron chi connectivity index (χ2n) is 1.94. The van der Waals surface area contributed by atoms with Gasteiger partial charge in [0.05, 0.1) is 10.7 Å². The second kappa shape index (κ2) is 6.32. The number of pyridine rings is 1. The van der Waals surface area contributed by atoms with Crippen molar-refractivity contribution in [3.8, 4) is 0 Å². The van der Waals surface area contributed by atoms with E-state index in [1.807, 2.05) is 39.3 Å². The topological polar surface area (TPSA) is 12.9 Å². The molecule has 1 heterocycles. The molecule has 0 radical (unpaired) electrons. The molecular formula is C9H14ClNS. The van der Waals surface area contributed by atoms with E-state index >= 15 is 0 Å². The van der Waals surface area contributed by atoms with Crippen LogP contribution in [0.3, 0.4) is 0 Å². The Hall–Kier alpha value is -0.210. The number of aromatic nitrogens is 1. The van der Waals surface area contributed by atoms with Gasteiger partial charge in [-0.05, 0) is 19.2 Å². The lowest BCUT2D eigenvalue weighted by molar-refractivity contribution is 1.15. The molecule has 0 fully saturated rings. The van der Waals surface area contributed by atoms with Crippen LogP contribution in [0.15, 0.2) is 17.2 Å². The normalized spacial score (nSPS) is 8.75. The fourth-order valence-corrected chi connectivity index (χ4v) is 1.23. The molecule has 0 bridgehead atoms. The van der Waals surface area contributed by atoms with E-state index in [0.29, 0.717) is 0 Å². The maximum Gasteiger partial charge on any atom is 0.0629 e. The van der Waals surface area contributed by atoms with Crippen LogP contribution in [0.2, 0.25) is 5.02 Å². The molecule has 3 heteroatoms. The lowest BCUT2D eigenvalue weighted by Gasteiger charge is -1.97. The molecule has 0 spiro atoms. The van der Waals surface area contributed by atoms with Gasteiger partial charge in [0.2, 0.25) is 0 Å². The third-order valence-electron chi connectivity index (χ3n) is 1.24. The average Bonchev–Trinajstić information content (AvgIpc) is 2.13. The zero-order valence-electron chi connectivity index (χ0n) is 7.89. The van der Waals surface area contributed by atoms with E-state index in [2.05, 4.69) is 4.98 Å². The zero-order valence-corrected chi connectivity index (χ0v) is 9.46. The molecule has 0 aliphatic rings.